The number of hydrogen-bond donors (Lipinski definition) is 2. The van der Waals surface area contributed by atoms with Gasteiger partial charge < -0.3 is 14.8 Å². The second-order valence-corrected chi connectivity index (χ2v) is 5.46. The zero-order valence-electron chi connectivity index (χ0n) is 11.3. The first-order valence-corrected chi connectivity index (χ1v) is 7.09. The van der Waals surface area contributed by atoms with E-state index >= 15 is 0 Å². The van der Waals surface area contributed by atoms with E-state index in [-0.39, 0.29) is 18.4 Å². The van der Waals surface area contributed by atoms with Crippen LogP contribution in [0.5, 0.6) is 0 Å². The lowest BCUT2D eigenvalue weighted by Gasteiger charge is -2.32. The molecule has 2 aromatic rings. The summed E-state index contributed by atoms with van der Waals surface area (Å²) in [5, 5.41) is 12.3. The minimum absolute atomic E-state index is 0.135. The third kappa shape index (κ3) is 2.54. The fourth-order valence-electron chi connectivity index (χ4n) is 2.67. The largest absolute Gasteiger partial charge is 0.396 e. The molecular formula is C15H19N3O2. The Morgan fingerprint density at radius 2 is 2.40 bits per heavy atom. The van der Waals surface area contributed by atoms with Crippen LogP contribution in [0.25, 0.3) is 5.52 Å². The zero-order valence-corrected chi connectivity index (χ0v) is 11.3. The number of amides is 1. The number of aliphatic hydroxyl groups is 1. The van der Waals surface area contributed by atoms with E-state index in [1.54, 1.807) is 12.4 Å². The Bertz CT molecular complexity index is 604. The third-order valence-corrected chi connectivity index (χ3v) is 4.23. The highest BCUT2D eigenvalue weighted by Crippen LogP contribution is 2.32. The number of rotatable bonds is 5. The number of fused-ring (bicyclic) bond motifs is 1. The summed E-state index contributed by atoms with van der Waals surface area (Å²) in [6, 6.07) is 5.62. The van der Waals surface area contributed by atoms with Gasteiger partial charge in [0.1, 0.15) is 5.69 Å². The number of aliphatic hydroxyl groups excluding tert-OH is 1. The molecular weight excluding hydrogens is 254 g/mol. The average molecular weight is 273 g/mol. The molecule has 2 heterocycles. The number of carbonyl (C=O) groups is 1. The summed E-state index contributed by atoms with van der Waals surface area (Å²) in [7, 11) is 0. The van der Waals surface area contributed by atoms with Gasteiger partial charge in [0, 0.05) is 30.8 Å². The Hall–Kier alpha value is -1.88. The van der Waals surface area contributed by atoms with Crippen LogP contribution in [-0.4, -0.2) is 33.6 Å². The number of aromatic nitrogens is 2. The van der Waals surface area contributed by atoms with Crippen LogP contribution in [0, 0.1) is 11.8 Å². The van der Waals surface area contributed by atoms with Crippen LogP contribution in [0.3, 0.4) is 0 Å². The molecule has 5 nitrogen and oxygen atoms in total. The van der Waals surface area contributed by atoms with Crippen molar-refractivity contribution in [1.82, 2.24) is 14.7 Å². The Labute approximate surface area is 117 Å². The van der Waals surface area contributed by atoms with Crippen molar-refractivity contribution >= 4 is 11.4 Å². The monoisotopic (exact) mass is 273 g/mol. The lowest BCUT2D eigenvalue weighted by atomic mass is 9.76. The van der Waals surface area contributed by atoms with E-state index in [1.165, 1.54) is 6.42 Å². The molecule has 2 N–H and O–H groups in total. The van der Waals surface area contributed by atoms with Gasteiger partial charge in [0.05, 0.1) is 6.33 Å². The quantitative estimate of drug-likeness (QED) is 0.867. The van der Waals surface area contributed by atoms with Crippen molar-refractivity contribution in [1.29, 1.82) is 0 Å². The van der Waals surface area contributed by atoms with Crippen molar-refractivity contribution < 1.29 is 9.90 Å². The maximum atomic E-state index is 12.1. The van der Waals surface area contributed by atoms with Crippen molar-refractivity contribution in [2.24, 2.45) is 11.8 Å². The third-order valence-electron chi connectivity index (χ3n) is 4.23. The molecule has 0 spiro atoms. The van der Waals surface area contributed by atoms with Gasteiger partial charge in [0.25, 0.3) is 5.91 Å². The maximum absolute atomic E-state index is 12.1. The smallest absolute Gasteiger partial charge is 0.270 e. The minimum atomic E-state index is -0.175. The van der Waals surface area contributed by atoms with E-state index in [0.717, 1.165) is 18.4 Å². The summed E-state index contributed by atoms with van der Waals surface area (Å²) in [6.07, 6.45) is 7.09. The number of hydrogen-bond acceptors (Lipinski definition) is 3. The van der Waals surface area contributed by atoms with Crippen molar-refractivity contribution in [3.8, 4) is 0 Å². The molecule has 20 heavy (non-hydrogen) atoms. The van der Waals surface area contributed by atoms with E-state index in [4.69, 9.17) is 0 Å². The Balaban J connectivity index is 1.62. The topological polar surface area (TPSA) is 66.6 Å². The van der Waals surface area contributed by atoms with Crippen LogP contribution < -0.4 is 5.32 Å². The van der Waals surface area contributed by atoms with Crippen LogP contribution in [0.15, 0.2) is 30.7 Å². The normalized spacial score (nSPS) is 16.9. The molecule has 1 atom stereocenters. The molecule has 3 rings (SSSR count). The highest BCUT2D eigenvalue weighted by molar-refractivity contribution is 5.93. The second-order valence-electron chi connectivity index (χ2n) is 5.46. The number of nitrogens with one attached hydrogen (secondary N) is 1. The lowest BCUT2D eigenvalue weighted by molar-refractivity contribution is 0.0885. The van der Waals surface area contributed by atoms with Crippen molar-refractivity contribution in [2.45, 2.75) is 19.3 Å². The van der Waals surface area contributed by atoms with E-state index in [9.17, 15) is 9.90 Å². The number of carbonyl (C=O) groups excluding carboxylic acids is 1. The summed E-state index contributed by atoms with van der Waals surface area (Å²) < 4.78 is 1.86. The van der Waals surface area contributed by atoms with Gasteiger partial charge >= 0.3 is 0 Å². The molecule has 0 bridgehead atoms. The molecule has 1 unspecified atom stereocenters. The van der Waals surface area contributed by atoms with Crippen molar-refractivity contribution in [2.75, 3.05) is 13.2 Å². The Morgan fingerprint density at radius 1 is 1.55 bits per heavy atom. The standard InChI is InChI=1S/C15H19N3O2/c19-9-12(11-3-1-4-11)8-16-15(20)14-7-13-5-2-6-18(13)10-17-14/h2,5-7,10-12,19H,1,3-4,8-9H2,(H,16,20). The highest BCUT2D eigenvalue weighted by Gasteiger charge is 2.27. The molecule has 1 fully saturated rings. The molecule has 0 radical (unpaired) electrons. The SMILES string of the molecule is O=C(NCC(CO)C1CCC1)c1cc2cccn2cn1. The van der Waals surface area contributed by atoms with Crippen LogP contribution in [0.4, 0.5) is 0 Å². The molecule has 106 valence electrons. The van der Waals surface area contributed by atoms with E-state index in [2.05, 4.69) is 10.3 Å². The molecule has 1 saturated carbocycles. The number of nitrogens with zero attached hydrogens (tertiary/aromatic N) is 2. The summed E-state index contributed by atoms with van der Waals surface area (Å²) >= 11 is 0. The lowest BCUT2D eigenvalue weighted by Crippen LogP contribution is -2.37. The maximum Gasteiger partial charge on any atom is 0.270 e. The molecule has 1 aliphatic carbocycles. The van der Waals surface area contributed by atoms with Gasteiger partial charge in [-0.1, -0.05) is 19.3 Å². The van der Waals surface area contributed by atoms with Crippen LogP contribution in [0.2, 0.25) is 0 Å². The van der Waals surface area contributed by atoms with Gasteiger partial charge in [-0.25, -0.2) is 4.98 Å². The second kappa shape index (κ2) is 5.63. The van der Waals surface area contributed by atoms with E-state index in [0.29, 0.717) is 18.2 Å². The molecule has 0 aliphatic heterocycles. The highest BCUT2D eigenvalue weighted by atomic mass is 16.3. The Morgan fingerprint density at radius 3 is 3.10 bits per heavy atom. The van der Waals surface area contributed by atoms with Crippen molar-refractivity contribution in [3.05, 3.63) is 36.4 Å². The first-order valence-electron chi connectivity index (χ1n) is 7.09. The fraction of sp³-hybridized carbons (Fsp3) is 0.467. The molecule has 1 aliphatic rings. The molecule has 5 heteroatoms. The van der Waals surface area contributed by atoms with Gasteiger partial charge in [-0.15, -0.1) is 0 Å². The minimum Gasteiger partial charge on any atom is -0.396 e. The van der Waals surface area contributed by atoms with Crippen LogP contribution >= 0.6 is 0 Å². The van der Waals surface area contributed by atoms with Gasteiger partial charge in [0.2, 0.25) is 0 Å². The zero-order chi connectivity index (χ0) is 13.9. The summed E-state index contributed by atoms with van der Waals surface area (Å²) in [4.78, 5) is 16.2. The van der Waals surface area contributed by atoms with E-state index in [1.807, 2.05) is 22.7 Å². The summed E-state index contributed by atoms with van der Waals surface area (Å²) in [5.74, 6) is 0.553. The molecule has 2 aromatic heterocycles. The molecule has 0 aromatic carbocycles. The van der Waals surface area contributed by atoms with Crippen LogP contribution in [-0.2, 0) is 0 Å². The first kappa shape index (κ1) is 13.1. The van der Waals surface area contributed by atoms with Gasteiger partial charge in [0.15, 0.2) is 0 Å². The summed E-state index contributed by atoms with van der Waals surface area (Å²) in [6.45, 7) is 0.657. The molecule has 0 saturated heterocycles. The predicted octanol–water partition coefficient (Wildman–Crippen LogP) is 1.47. The first-order chi connectivity index (χ1) is 9.78. The summed E-state index contributed by atoms with van der Waals surface area (Å²) in [5.41, 5.74) is 1.37. The van der Waals surface area contributed by atoms with Gasteiger partial charge in [-0.05, 0) is 24.1 Å². The average Bonchev–Trinajstić information content (AvgIpc) is 2.87. The fourth-order valence-corrected chi connectivity index (χ4v) is 2.67. The predicted molar refractivity (Wildman–Crippen MR) is 75.4 cm³/mol. The van der Waals surface area contributed by atoms with Gasteiger partial charge in [-0.2, -0.15) is 0 Å². The van der Waals surface area contributed by atoms with E-state index < -0.39 is 0 Å². The van der Waals surface area contributed by atoms with Crippen LogP contribution in [0.1, 0.15) is 29.8 Å². The molecule has 1 amide bonds. The Kier molecular flexibility index (Phi) is 3.69. The van der Waals surface area contributed by atoms with Gasteiger partial charge in [-0.3, -0.25) is 4.79 Å². The van der Waals surface area contributed by atoms with Crippen molar-refractivity contribution in [3.63, 3.8) is 0 Å².